The number of piperidine rings is 1. The summed E-state index contributed by atoms with van der Waals surface area (Å²) in [7, 11) is 1.63. The number of hydrogen-bond donors (Lipinski definition) is 3. The Hall–Kier alpha value is -1.86. The van der Waals surface area contributed by atoms with Crippen molar-refractivity contribution in [3.05, 3.63) is 23.7 Å². The second-order valence-corrected chi connectivity index (χ2v) is 5.17. The average Bonchev–Trinajstić information content (AvgIpc) is 2.98. The summed E-state index contributed by atoms with van der Waals surface area (Å²) in [5.74, 6) is 0.700. The zero-order valence-electron chi connectivity index (χ0n) is 12.2. The normalized spacial score (nSPS) is 16.7. The predicted octanol–water partition coefficient (Wildman–Crippen LogP) is -0.321. The van der Waals surface area contributed by atoms with Crippen LogP contribution in [0.25, 0.3) is 0 Å². The van der Waals surface area contributed by atoms with Crippen molar-refractivity contribution < 1.29 is 14.0 Å². The van der Waals surface area contributed by atoms with Gasteiger partial charge in [0.25, 0.3) is 5.91 Å². The van der Waals surface area contributed by atoms with Gasteiger partial charge in [-0.05, 0) is 25.0 Å². The first kappa shape index (κ1) is 15.5. The summed E-state index contributed by atoms with van der Waals surface area (Å²) in [6.07, 6.45) is 1.65. The molecule has 4 N–H and O–H groups in total. The standard InChI is InChI=1S/C14H22N4O3/c1-16-13(19)9-18-6-4-10(5-7-18)17-14(20)12-3-2-11(8-15)21-12/h2-3,10H,4-9,15H2,1H3,(H,16,19)(H,17,20). The van der Waals surface area contributed by atoms with E-state index in [0.717, 1.165) is 25.9 Å². The lowest BCUT2D eigenvalue weighted by Crippen LogP contribution is -2.47. The van der Waals surface area contributed by atoms with E-state index >= 15 is 0 Å². The van der Waals surface area contributed by atoms with E-state index in [1.165, 1.54) is 0 Å². The largest absolute Gasteiger partial charge is 0.455 e. The quantitative estimate of drug-likeness (QED) is 0.691. The molecule has 0 unspecified atom stereocenters. The van der Waals surface area contributed by atoms with E-state index in [9.17, 15) is 9.59 Å². The van der Waals surface area contributed by atoms with E-state index in [1.807, 2.05) is 0 Å². The van der Waals surface area contributed by atoms with Crippen molar-refractivity contribution in [1.29, 1.82) is 0 Å². The van der Waals surface area contributed by atoms with Crippen molar-refractivity contribution in [2.75, 3.05) is 26.7 Å². The third kappa shape index (κ3) is 4.30. The summed E-state index contributed by atoms with van der Waals surface area (Å²) in [4.78, 5) is 25.4. The molecule has 0 aliphatic carbocycles. The number of likely N-dealkylation sites (N-methyl/N-ethyl adjacent to an activating group) is 1. The molecule has 0 bridgehead atoms. The van der Waals surface area contributed by atoms with Gasteiger partial charge in [-0.2, -0.15) is 0 Å². The van der Waals surface area contributed by atoms with Gasteiger partial charge in [-0.3, -0.25) is 14.5 Å². The second-order valence-electron chi connectivity index (χ2n) is 5.17. The molecule has 1 aromatic rings. The van der Waals surface area contributed by atoms with Crippen LogP contribution in [-0.4, -0.2) is 49.4 Å². The Morgan fingerprint density at radius 3 is 2.67 bits per heavy atom. The molecule has 1 aromatic heterocycles. The van der Waals surface area contributed by atoms with Gasteiger partial charge in [-0.25, -0.2) is 0 Å². The summed E-state index contributed by atoms with van der Waals surface area (Å²) >= 11 is 0. The molecule has 1 saturated heterocycles. The molecule has 0 spiro atoms. The van der Waals surface area contributed by atoms with E-state index in [0.29, 0.717) is 18.1 Å². The third-order valence-corrected chi connectivity index (χ3v) is 3.66. The van der Waals surface area contributed by atoms with Crippen molar-refractivity contribution in [1.82, 2.24) is 15.5 Å². The first-order valence-corrected chi connectivity index (χ1v) is 7.15. The van der Waals surface area contributed by atoms with Gasteiger partial charge in [0, 0.05) is 26.2 Å². The van der Waals surface area contributed by atoms with Crippen LogP contribution in [0.2, 0.25) is 0 Å². The van der Waals surface area contributed by atoms with Gasteiger partial charge in [0.05, 0.1) is 13.1 Å². The fourth-order valence-electron chi connectivity index (χ4n) is 2.38. The molecule has 7 nitrogen and oxygen atoms in total. The topological polar surface area (TPSA) is 101 Å². The molecular weight excluding hydrogens is 272 g/mol. The Morgan fingerprint density at radius 2 is 2.10 bits per heavy atom. The Morgan fingerprint density at radius 1 is 1.38 bits per heavy atom. The number of furan rings is 1. The van der Waals surface area contributed by atoms with Gasteiger partial charge in [-0.15, -0.1) is 0 Å². The zero-order chi connectivity index (χ0) is 15.2. The maximum absolute atomic E-state index is 12.0. The highest BCUT2D eigenvalue weighted by Crippen LogP contribution is 2.12. The van der Waals surface area contributed by atoms with E-state index < -0.39 is 0 Å². The minimum Gasteiger partial charge on any atom is -0.455 e. The number of likely N-dealkylation sites (tertiary alicyclic amines) is 1. The summed E-state index contributed by atoms with van der Waals surface area (Å²) in [5.41, 5.74) is 5.45. The Labute approximate surface area is 123 Å². The lowest BCUT2D eigenvalue weighted by atomic mass is 10.0. The minimum atomic E-state index is -0.209. The molecule has 1 fully saturated rings. The molecule has 2 heterocycles. The van der Waals surface area contributed by atoms with Crippen molar-refractivity contribution >= 4 is 11.8 Å². The summed E-state index contributed by atoms with van der Waals surface area (Å²) in [5, 5.41) is 5.57. The van der Waals surface area contributed by atoms with E-state index in [4.69, 9.17) is 10.2 Å². The molecular formula is C14H22N4O3. The predicted molar refractivity (Wildman–Crippen MR) is 77.6 cm³/mol. The Balaban J connectivity index is 1.77. The summed E-state index contributed by atoms with van der Waals surface area (Å²) in [6, 6.07) is 3.46. The van der Waals surface area contributed by atoms with Gasteiger partial charge in [0.1, 0.15) is 5.76 Å². The molecule has 2 amide bonds. The number of nitrogens with zero attached hydrogens (tertiary/aromatic N) is 1. The van der Waals surface area contributed by atoms with E-state index in [1.54, 1.807) is 19.2 Å². The van der Waals surface area contributed by atoms with Gasteiger partial charge < -0.3 is 20.8 Å². The first-order valence-electron chi connectivity index (χ1n) is 7.15. The van der Waals surface area contributed by atoms with Gasteiger partial charge >= 0.3 is 0 Å². The molecule has 116 valence electrons. The first-order chi connectivity index (χ1) is 10.1. The van der Waals surface area contributed by atoms with Crippen LogP contribution in [0.3, 0.4) is 0 Å². The van der Waals surface area contributed by atoms with Crippen molar-refractivity contribution in [3.63, 3.8) is 0 Å². The third-order valence-electron chi connectivity index (χ3n) is 3.66. The molecule has 1 aliphatic rings. The molecule has 0 radical (unpaired) electrons. The van der Waals surface area contributed by atoms with Crippen molar-refractivity contribution in [3.8, 4) is 0 Å². The molecule has 21 heavy (non-hydrogen) atoms. The Bertz CT molecular complexity index is 492. The Kier molecular flexibility index (Phi) is 5.35. The molecule has 2 rings (SSSR count). The highest BCUT2D eigenvalue weighted by atomic mass is 16.4. The highest BCUT2D eigenvalue weighted by Gasteiger charge is 2.23. The number of carbonyl (C=O) groups excluding carboxylic acids is 2. The molecule has 0 atom stereocenters. The van der Waals surface area contributed by atoms with Crippen LogP contribution in [0, 0.1) is 0 Å². The van der Waals surface area contributed by atoms with Gasteiger partial charge in [-0.1, -0.05) is 0 Å². The number of carbonyl (C=O) groups is 2. The van der Waals surface area contributed by atoms with E-state index in [2.05, 4.69) is 15.5 Å². The monoisotopic (exact) mass is 294 g/mol. The van der Waals surface area contributed by atoms with Gasteiger partial charge in [0.15, 0.2) is 5.76 Å². The average molecular weight is 294 g/mol. The summed E-state index contributed by atoms with van der Waals surface area (Å²) < 4.78 is 5.32. The SMILES string of the molecule is CNC(=O)CN1CCC(NC(=O)c2ccc(CN)o2)CC1. The van der Waals surface area contributed by atoms with E-state index in [-0.39, 0.29) is 24.4 Å². The van der Waals surface area contributed by atoms with Crippen molar-refractivity contribution in [2.45, 2.75) is 25.4 Å². The molecule has 1 aliphatic heterocycles. The maximum Gasteiger partial charge on any atom is 0.287 e. The smallest absolute Gasteiger partial charge is 0.287 e. The molecule has 0 aromatic carbocycles. The lowest BCUT2D eigenvalue weighted by Gasteiger charge is -2.31. The van der Waals surface area contributed by atoms with Crippen LogP contribution in [-0.2, 0) is 11.3 Å². The minimum absolute atomic E-state index is 0.0161. The van der Waals surface area contributed by atoms with Crippen LogP contribution >= 0.6 is 0 Å². The number of rotatable bonds is 5. The number of nitrogens with one attached hydrogen (secondary N) is 2. The fraction of sp³-hybridized carbons (Fsp3) is 0.571. The van der Waals surface area contributed by atoms with Gasteiger partial charge in [0.2, 0.25) is 5.91 Å². The van der Waals surface area contributed by atoms with Crippen LogP contribution in [0.4, 0.5) is 0 Å². The highest BCUT2D eigenvalue weighted by molar-refractivity contribution is 5.91. The second kappa shape index (κ2) is 7.24. The van der Waals surface area contributed by atoms with Crippen molar-refractivity contribution in [2.24, 2.45) is 5.73 Å². The van der Waals surface area contributed by atoms with Crippen LogP contribution in [0.15, 0.2) is 16.5 Å². The van der Waals surface area contributed by atoms with Crippen LogP contribution in [0.5, 0.6) is 0 Å². The maximum atomic E-state index is 12.0. The van der Waals surface area contributed by atoms with Crippen LogP contribution in [0.1, 0.15) is 29.2 Å². The molecule has 0 saturated carbocycles. The van der Waals surface area contributed by atoms with Crippen LogP contribution < -0.4 is 16.4 Å². The summed E-state index contributed by atoms with van der Waals surface area (Å²) in [6.45, 7) is 2.29. The number of amides is 2. The lowest BCUT2D eigenvalue weighted by molar-refractivity contribution is -0.122. The number of hydrogen-bond acceptors (Lipinski definition) is 5. The zero-order valence-corrected chi connectivity index (χ0v) is 12.2. The molecule has 7 heteroatoms. The fourth-order valence-corrected chi connectivity index (χ4v) is 2.38. The number of nitrogens with two attached hydrogens (primary N) is 1.